The quantitative estimate of drug-likeness (QED) is 0.848. The minimum atomic E-state index is -0.588. The molecule has 0 N–H and O–H groups in total. The molecule has 1 unspecified atom stereocenters. The van der Waals surface area contributed by atoms with E-state index < -0.39 is 12.2 Å². The first-order valence-corrected chi connectivity index (χ1v) is 7.86. The zero-order chi connectivity index (χ0) is 16.8. The number of amides is 1. The minimum absolute atomic E-state index is 0.0348. The second-order valence-corrected chi connectivity index (χ2v) is 5.67. The second kappa shape index (κ2) is 7.75. The lowest BCUT2D eigenvalue weighted by atomic mass is 10.2. The van der Waals surface area contributed by atoms with Gasteiger partial charge in [0.15, 0.2) is 5.78 Å². The Hall–Kier alpha value is -2.66. The number of carbonyl (C=O) groups excluding carboxylic acids is 2. The molecule has 1 heterocycles. The van der Waals surface area contributed by atoms with Crippen LogP contribution < -0.4 is 0 Å². The molecule has 1 fully saturated rings. The van der Waals surface area contributed by atoms with Crippen molar-refractivity contribution in [3.63, 3.8) is 0 Å². The number of carbonyl (C=O) groups is 2. The number of benzene rings is 2. The second-order valence-electron chi connectivity index (χ2n) is 5.67. The van der Waals surface area contributed by atoms with Gasteiger partial charge in [-0.3, -0.25) is 9.69 Å². The Kier molecular flexibility index (Phi) is 5.23. The summed E-state index contributed by atoms with van der Waals surface area (Å²) >= 11 is 0. The maximum Gasteiger partial charge on any atom is 0.410 e. The summed E-state index contributed by atoms with van der Waals surface area (Å²) in [5.74, 6) is -0.0948. The van der Waals surface area contributed by atoms with Crippen molar-refractivity contribution in [2.45, 2.75) is 19.3 Å². The fraction of sp³-hybridized carbons (Fsp3) is 0.263. The third kappa shape index (κ3) is 4.20. The van der Waals surface area contributed by atoms with Crippen LogP contribution in [0.5, 0.6) is 0 Å². The normalized spacial score (nSPS) is 17.1. The summed E-state index contributed by atoms with van der Waals surface area (Å²) in [4.78, 5) is 25.5. The first-order valence-electron chi connectivity index (χ1n) is 7.86. The average molecular weight is 325 g/mol. The average Bonchev–Trinajstić information content (AvgIpc) is 3.00. The van der Waals surface area contributed by atoms with E-state index in [1.165, 1.54) is 4.90 Å². The molecule has 0 saturated carbocycles. The Labute approximate surface area is 140 Å². The molecule has 0 bridgehead atoms. The molecule has 0 aliphatic carbocycles. The van der Waals surface area contributed by atoms with Crippen LogP contribution in [0.25, 0.3) is 0 Å². The zero-order valence-corrected chi connectivity index (χ0v) is 13.3. The van der Waals surface area contributed by atoms with Gasteiger partial charge in [-0.1, -0.05) is 60.7 Å². The highest BCUT2D eigenvalue weighted by Crippen LogP contribution is 2.14. The van der Waals surface area contributed by atoms with Crippen molar-refractivity contribution in [1.82, 2.24) is 4.90 Å². The Balaban J connectivity index is 1.48. The number of rotatable bonds is 5. The third-order valence-electron chi connectivity index (χ3n) is 3.85. The molecule has 2 aromatic carbocycles. The fourth-order valence-electron chi connectivity index (χ4n) is 2.52. The van der Waals surface area contributed by atoms with Crippen LogP contribution in [0.3, 0.4) is 0 Å². The lowest BCUT2D eigenvalue weighted by Gasteiger charge is -2.15. The van der Waals surface area contributed by atoms with Crippen LogP contribution in [-0.2, 0) is 27.5 Å². The maximum absolute atomic E-state index is 12.1. The fourth-order valence-corrected chi connectivity index (χ4v) is 2.52. The van der Waals surface area contributed by atoms with Gasteiger partial charge in [0, 0.05) is 0 Å². The number of likely N-dealkylation sites (tertiary alicyclic amines) is 1. The Morgan fingerprint density at radius 2 is 1.54 bits per heavy atom. The van der Waals surface area contributed by atoms with Gasteiger partial charge in [-0.25, -0.2) is 4.79 Å². The third-order valence-corrected chi connectivity index (χ3v) is 3.85. The van der Waals surface area contributed by atoms with Crippen LogP contribution in [0.4, 0.5) is 4.79 Å². The molecule has 0 radical (unpaired) electrons. The monoisotopic (exact) mass is 325 g/mol. The van der Waals surface area contributed by atoms with Gasteiger partial charge in [0.2, 0.25) is 0 Å². The molecule has 0 aromatic heterocycles. The molecule has 5 heteroatoms. The number of hydrogen-bond donors (Lipinski definition) is 0. The van der Waals surface area contributed by atoms with Crippen LogP contribution in [0.1, 0.15) is 11.1 Å². The molecule has 3 rings (SSSR count). The molecule has 5 nitrogen and oxygen atoms in total. The number of nitrogens with zero attached hydrogens (tertiary/aromatic N) is 1. The summed E-state index contributed by atoms with van der Waals surface area (Å²) in [6.45, 7) is 0.816. The summed E-state index contributed by atoms with van der Waals surface area (Å²) < 4.78 is 10.9. The number of Topliss-reactive ketones (excluding diaryl/α,β-unsaturated/α-hetero) is 1. The van der Waals surface area contributed by atoms with Crippen molar-refractivity contribution in [2.24, 2.45) is 0 Å². The zero-order valence-electron chi connectivity index (χ0n) is 13.3. The molecule has 1 amide bonds. The molecule has 124 valence electrons. The SMILES string of the molecule is O=C1CN(C(=O)OCc2ccccc2)CC1OCc1ccccc1. The van der Waals surface area contributed by atoms with Crippen molar-refractivity contribution in [3.05, 3.63) is 71.8 Å². The lowest BCUT2D eigenvalue weighted by molar-refractivity contribution is -0.126. The van der Waals surface area contributed by atoms with Crippen molar-refractivity contribution in [1.29, 1.82) is 0 Å². The summed E-state index contributed by atoms with van der Waals surface area (Å²) in [6, 6.07) is 19.1. The van der Waals surface area contributed by atoms with E-state index in [9.17, 15) is 9.59 Å². The lowest BCUT2D eigenvalue weighted by Crippen LogP contribution is -2.30. The summed E-state index contributed by atoms with van der Waals surface area (Å²) in [6.07, 6.45) is -1.08. The van der Waals surface area contributed by atoms with Crippen LogP contribution in [0.15, 0.2) is 60.7 Å². The number of ketones is 1. The van der Waals surface area contributed by atoms with Crippen LogP contribution in [0, 0.1) is 0 Å². The highest BCUT2D eigenvalue weighted by Gasteiger charge is 2.35. The van der Waals surface area contributed by atoms with Gasteiger partial charge in [0.1, 0.15) is 12.7 Å². The molecule has 1 atom stereocenters. The van der Waals surface area contributed by atoms with Gasteiger partial charge in [0.25, 0.3) is 0 Å². The van der Waals surface area contributed by atoms with E-state index >= 15 is 0 Å². The van der Waals surface area contributed by atoms with Gasteiger partial charge in [-0.05, 0) is 11.1 Å². The first-order chi connectivity index (χ1) is 11.7. The van der Waals surface area contributed by atoms with E-state index in [-0.39, 0.29) is 25.5 Å². The van der Waals surface area contributed by atoms with Crippen molar-refractivity contribution in [3.8, 4) is 0 Å². The molecule has 1 aliphatic rings. The summed E-state index contributed by atoms with van der Waals surface area (Å²) in [7, 11) is 0. The maximum atomic E-state index is 12.1. The first kappa shape index (κ1) is 16.2. The Morgan fingerprint density at radius 1 is 0.958 bits per heavy atom. The van der Waals surface area contributed by atoms with Crippen molar-refractivity contribution < 1.29 is 19.1 Å². The van der Waals surface area contributed by atoms with Gasteiger partial charge in [0.05, 0.1) is 19.7 Å². The highest BCUT2D eigenvalue weighted by molar-refractivity contribution is 5.91. The van der Waals surface area contributed by atoms with Crippen LogP contribution in [0.2, 0.25) is 0 Å². The van der Waals surface area contributed by atoms with E-state index in [1.54, 1.807) is 0 Å². The van der Waals surface area contributed by atoms with Crippen molar-refractivity contribution in [2.75, 3.05) is 13.1 Å². The smallest absolute Gasteiger partial charge is 0.410 e. The molecule has 1 aliphatic heterocycles. The molecule has 1 saturated heterocycles. The van der Waals surface area contributed by atoms with Gasteiger partial charge < -0.3 is 9.47 Å². The van der Waals surface area contributed by atoms with E-state index in [2.05, 4.69) is 0 Å². The number of hydrogen-bond acceptors (Lipinski definition) is 4. The topological polar surface area (TPSA) is 55.8 Å². The Morgan fingerprint density at radius 3 is 2.17 bits per heavy atom. The van der Waals surface area contributed by atoms with Crippen molar-refractivity contribution >= 4 is 11.9 Å². The molecular weight excluding hydrogens is 306 g/mol. The van der Waals surface area contributed by atoms with Gasteiger partial charge in [-0.15, -0.1) is 0 Å². The van der Waals surface area contributed by atoms with Gasteiger partial charge in [-0.2, -0.15) is 0 Å². The minimum Gasteiger partial charge on any atom is -0.445 e. The van der Waals surface area contributed by atoms with E-state index in [0.717, 1.165) is 11.1 Å². The highest BCUT2D eigenvalue weighted by atomic mass is 16.6. The molecule has 0 spiro atoms. The van der Waals surface area contributed by atoms with E-state index in [4.69, 9.17) is 9.47 Å². The summed E-state index contributed by atoms with van der Waals surface area (Å²) in [5, 5.41) is 0. The van der Waals surface area contributed by atoms with Crippen LogP contribution >= 0.6 is 0 Å². The molecule has 2 aromatic rings. The largest absolute Gasteiger partial charge is 0.445 e. The van der Waals surface area contributed by atoms with Gasteiger partial charge >= 0.3 is 6.09 Å². The van der Waals surface area contributed by atoms with E-state index in [0.29, 0.717) is 6.61 Å². The molecule has 24 heavy (non-hydrogen) atoms. The predicted octanol–water partition coefficient (Wildman–Crippen LogP) is 2.79. The Bertz CT molecular complexity index is 687. The van der Waals surface area contributed by atoms with E-state index in [1.807, 2.05) is 60.7 Å². The summed E-state index contributed by atoms with van der Waals surface area (Å²) in [5.41, 5.74) is 1.91. The standard InChI is InChI=1S/C19H19NO4/c21-17-11-20(19(22)24-14-16-9-5-2-6-10-16)12-18(17)23-13-15-7-3-1-4-8-15/h1-10,18H,11-14H2. The van der Waals surface area contributed by atoms with Crippen LogP contribution in [-0.4, -0.2) is 36.0 Å². The molecular formula is C19H19NO4. The number of ether oxygens (including phenoxy) is 2. The predicted molar refractivity (Wildman–Crippen MR) is 88.2 cm³/mol.